The third-order valence-electron chi connectivity index (χ3n) is 2.76. The topological polar surface area (TPSA) is 169 Å². The summed E-state index contributed by atoms with van der Waals surface area (Å²) >= 11 is 2.43. The zero-order chi connectivity index (χ0) is 18.3. The molecule has 4 atom stereocenters. The second kappa shape index (κ2) is 5.96. The second-order valence-corrected chi connectivity index (χ2v) is 5.78. The van der Waals surface area contributed by atoms with Crippen molar-refractivity contribution in [1.82, 2.24) is 0 Å². The Morgan fingerprint density at radius 2 is 1.26 bits per heavy atom. The number of hydrogen-bond acceptors (Lipinski definition) is 11. The van der Waals surface area contributed by atoms with Gasteiger partial charge in [-0.3, -0.25) is 14.4 Å². The predicted octanol–water partition coefficient (Wildman–Crippen LogP) is -2.19. The molecule has 0 saturated carbocycles. The molecule has 132 valence electrons. The highest BCUT2D eigenvalue weighted by Crippen LogP contribution is 2.50. The molecule has 4 N–H and O–H groups in total. The summed E-state index contributed by atoms with van der Waals surface area (Å²) in [5.41, 5.74) is 0. The lowest BCUT2D eigenvalue weighted by atomic mass is 9.92. The number of halogens is 1. The zero-order valence-corrected chi connectivity index (χ0v) is 13.8. The molecule has 0 aromatic heterocycles. The minimum Gasteiger partial charge on any atom is -0.423 e. The van der Waals surface area contributed by atoms with Crippen molar-refractivity contribution in [2.75, 3.05) is 6.61 Å². The smallest absolute Gasteiger partial charge is 0.353 e. The molecule has 1 saturated heterocycles. The third kappa shape index (κ3) is 3.18. The number of aliphatic hydroxyl groups is 4. The molecular weight excluding hydrogens is 388 g/mol. The van der Waals surface area contributed by atoms with Gasteiger partial charge in [-0.25, -0.2) is 0 Å². The Labute approximate surface area is 137 Å². The van der Waals surface area contributed by atoms with Gasteiger partial charge in [-0.1, -0.05) is 0 Å². The summed E-state index contributed by atoms with van der Waals surface area (Å²) in [4.78, 5) is 33.6. The van der Waals surface area contributed by atoms with Gasteiger partial charge in [0, 0.05) is 20.8 Å². The molecule has 1 aliphatic rings. The molecule has 0 unspecified atom stereocenters. The van der Waals surface area contributed by atoms with Crippen LogP contribution >= 0.6 is 15.9 Å². The Morgan fingerprint density at radius 1 is 0.870 bits per heavy atom. The van der Waals surface area contributed by atoms with Crippen molar-refractivity contribution < 1.29 is 53.8 Å². The quantitative estimate of drug-likeness (QED) is 0.175. The number of carbonyl (C=O) groups excluding carboxylic acids is 3. The molecule has 23 heavy (non-hydrogen) atoms. The van der Waals surface area contributed by atoms with Gasteiger partial charge >= 0.3 is 35.3 Å². The lowest BCUT2D eigenvalue weighted by Gasteiger charge is -2.54. The van der Waals surface area contributed by atoms with E-state index in [1.165, 1.54) is 0 Å². The SMILES string of the molecule is CC(=O)O[C@@]1(O)[C@@](O)(OC(C)=O)[C@@](O)(OC(C)=O)CO[C@]1(O)Br. The lowest BCUT2D eigenvalue weighted by molar-refractivity contribution is -0.522. The summed E-state index contributed by atoms with van der Waals surface area (Å²) in [6.45, 7) is 1.20. The van der Waals surface area contributed by atoms with Crippen LogP contribution in [0.15, 0.2) is 0 Å². The van der Waals surface area contributed by atoms with Crippen LogP contribution in [-0.4, -0.2) is 67.0 Å². The van der Waals surface area contributed by atoms with E-state index in [4.69, 9.17) is 0 Å². The van der Waals surface area contributed by atoms with E-state index in [1.54, 1.807) is 0 Å². The van der Waals surface area contributed by atoms with E-state index in [-0.39, 0.29) is 0 Å². The largest absolute Gasteiger partial charge is 0.423 e. The molecule has 0 aromatic carbocycles. The third-order valence-corrected chi connectivity index (χ3v) is 3.53. The van der Waals surface area contributed by atoms with Gasteiger partial charge in [0.25, 0.3) is 4.70 Å². The minimum atomic E-state index is -3.64. The summed E-state index contributed by atoms with van der Waals surface area (Å²) < 4.78 is 14.9. The van der Waals surface area contributed by atoms with Gasteiger partial charge in [-0.2, -0.15) is 0 Å². The van der Waals surface area contributed by atoms with Crippen molar-refractivity contribution in [2.45, 2.75) is 42.8 Å². The van der Waals surface area contributed by atoms with Crippen molar-refractivity contribution >= 4 is 33.8 Å². The molecule has 0 bridgehead atoms. The number of esters is 3. The fourth-order valence-corrected chi connectivity index (χ4v) is 2.36. The summed E-state index contributed by atoms with van der Waals surface area (Å²) in [7, 11) is 0. The summed E-state index contributed by atoms with van der Waals surface area (Å²) in [6.07, 6.45) is 0. The van der Waals surface area contributed by atoms with Crippen LogP contribution in [0.25, 0.3) is 0 Å². The molecule has 0 aliphatic carbocycles. The molecule has 1 fully saturated rings. The summed E-state index contributed by atoms with van der Waals surface area (Å²) in [5, 5.41) is 41.3. The first-order chi connectivity index (χ1) is 10.2. The number of rotatable bonds is 3. The van der Waals surface area contributed by atoms with Crippen LogP contribution in [0.5, 0.6) is 0 Å². The van der Waals surface area contributed by atoms with Crippen LogP contribution in [0.4, 0.5) is 0 Å². The second-order valence-electron chi connectivity index (χ2n) is 4.70. The minimum absolute atomic E-state index is 0.767. The number of carbonyl (C=O) groups is 3. The molecule has 0 aromatic rings. The molecule has 1 rings (SSSR count). The highest BCUT2D eigenvalue weighted by Gasteiger charge is 2.82. The van der Waals surface area contributed by atoms with Gasteiger partial charge in [0.05, 0.1) is 0 Å². The first-order valence-electron chi connectivity index (χ1n) is 6.02. The Balaban J connectivity index is 3.58. The van der Waals surface area contributed by atoms with E-state index < -0.39 is 46.6 Å². The van der Waals surface area contributed by atoms with Gasteiger partial charge in [0.2, 0.25) is 0 Å². The highest BCUT2D eigenvalue weighted by atomic mass is 79.9. The number of alkyl halides is 1. The van der Waals surface area contributed by atoms with E-state index in [0.29, 0.717) is 0 Å². The number of ether oxygens (including phenoxy) is 4. The molecule has 11 nitrogen and oxygen atoms in total. The molecular formula is C11H15BrO11. The first kappa shape index (κ1) is 19.7. The maximum Gasteiger partial charge on any atom is 0.353 e. The Morgan fingerprint density at radius 3 is 1.65 bits per heavy atom. The molecule has 12 heteroatoms. The maximum atomic E-state index is 11.3. The van der Waals surface area contributed by atoms with Crippen LogP contribution in [0, 0.1) is 0 Å². The molecule has 1 heterocycles. The van der Waals surface area contributed by atoms with Gasteiger partial charge in [-0.15, -0.1) is 0 Å². The number of hydrogen-bond donors (Lipinski definition) is 4. The van der Waals surface area contributed by atoms with E-state index in [0.717, 1.165) is 20.8 Å². The van der Waals surface area contributed by atoms with Crippen molar-refractivity contribution in [2.24, 2.45) is 0 Å². The van der Waals surface area contributed by atoms with Gasteiger partial charge in [-0.05, 0) is 15.9 Å². The van der Waals surface area contributed by atoms with Gasteiger partial charge < -0.3 is 39.4 Å². The normalized spacial score (nSPS) is 40.2. The van der Waals surface area contributed by atoms with E-state index in [1.807, 2.05) is 0 Å². The highest BCUT2D eigenvalue weighted by molar-refractivity contribution is 9.10. The van der Waals surface area contributed by atoms with E-state index in [9.17, 15) is 34.8 Å². The molecule has 1 aliphatic heterocycles. The Bertz CT molecular complexity index is 534. The van der Waals surface area contributed by atoms with Crippen molar-refractivity contribution in [3.63, 3.8) is 0 Å². The van der Waals surface area contributed by atoms with Gasteiger partial charge in [0.15, 0.2) is 0 Å². The average molecular weight is 403 g/mol. The van der Waals surface area contributed by atoms with Gasteiger partial charge in [0.1, 0.15) is 6.61 Å². The summed E-state index contributed by atoms with van der Waals surface area (Å²) in [6, 6.07) is 0. The van der Waals surface area contributed by atoms with Crippen molar-refractivity contribution in [3.8, 4) is 0 Å². The van der Waals surface area contributed by atoms with E-state index in [2.05, 4.69) is 34.9 Å². The lowest BCUT2D eigenvalue weighted by Crippen LogP contribution is -2.83. The Kier molecular flexibility index (Phi) is 5.11. The zero-order valence-electron chi connectivity index (χ0n) is 12.2. The maximum absolute atomic E-state index is 11.3. The van der Waals surface area contributed by atoms with Crippen LogP contribution in [0.1, 0.15) is 20.8 Å². The molecule has 0 amide bonds. The van der Waals surface area contributed by atoms with E-state index >= 15 is 0 Å². The predicted molar refractivity (Wildman–Crippen MR) is 70.0 cm³/mol. The standard InChI is InChI=1S/C11H15BrO11/c1-5(13)21-8(16)4-20-11(12,19)10(18,23-7(3)15)9(8,17)22-6(2)14/h16-19H,4H2,1-3H3/t8-,9-,10-,11-/m0/s1. The van der Waals surface area contributed by atoms with Crippen LogP contribution in [-0.2, 0) is 33.3 Å². The van der Waals surface area contributed by atoms with Crippen LogP contribution in [0.3, 0.4) is 0 Å². The molecule has 0 spiro atoms. The molecule has 0 radical (unpaired) electrons. The van der Waals surface area contributed by atoms with Crippen molar-refractivity contribution in [1.29, 1.82) is 0 Å². The Hall–Kier alpha value is -1.31. The van der Waals surface area contributed by atoms with Crippen LogP contribution < -0.4 is 0 Å². The first-order valence-corrected chi connectivity index (χ1v) is 6.81. The van der Waals surface area contributed by atoms with Crippen LogP contribution in [0.2, 0.25) is 0 Å². The average Bonchev–Trinajstić information content (AvgIpc) is 2.32. The van der Waals surface area contributed by atoms with Crippen molar-refractivity contribution in [3.05, 3.63) is 0 Å². The summed E-state index contributed by atoms with van der Waals surface area (Å²) in [5.74, 6) is -14.2. The monoisotopic (exact) mass is 402 g/mol. The fourth-order valence-electron chi connectivity index (χ4n) is 1.90. The fraction of sp³-hybridized carbons (Fsp3) is 0.727.